The van der Waals surface area contributed by atoms with E-state index in [1.54, 1.807) is 0 Å². The molecule has 1 amide bonds. The van der Waals surface area contributed by atoms with Gasteiger partial charge in [-0.25, -0.2) is 4.79 Å². The highest BCUT2D eigenvalue weighted by atomic mass is 16.5. The molecule has 2 N–H and O–H groups in total. The molecule has 1 aromatic rings. The van der Waals surface area contributed by atoms with E-state index in [-0.39, 0.29) is 24.9 Å². The standard InChI is InChI=1S/C16H23NO4/c1-11(2)9-14(16(19)20)17-15(18)7-8-21-13-6-4-5-12(3)10-13/h4-6,10-11,14H,7-9H2,1-3H3,(H,17,18)(H,19,20). The zero-order valence-corrected chi connectivity index (χ0v) is 12.8. The second kappa shape index (κ2) is 8.29. The van der Waals surface area contributed by atoms with Crippen LogP contribution < -0.4 is 10.1 Å². The third-order valence-corrected chi connectivity index (χ3v) is 2.93. The quantitative estimate of drug-likeness (QED) is 0.771. The Balaban J connectivity index is 2.37. The van der Waals surface area contributed by atoms with Crippen LogP contribution in [0.25, 0.3) is 0 Å². The largest absolute Gasteiger partial charge is 0.493 e. The van der Waals surface area contributed by atoms with Gasteiger partial charge >= 0.3 is 5.97 Å². The smallest absolute Gasteiger partial charge is 0.326 e. The summed E-state index contributed by atoms with van der Waals surface area (Å²) in [6, 6.07) is 6.72. The van der Waals surface area contributed by atoms with Crippen molar-refractivity contribution >= 4 is 11.9 Å². The van der Waals surface area contributed by atoms with Crippen LogP contribution in [0.1, 0.15) is 32.3 Å². The number of aliphatic carboxylic acids is 1. The molecule has 1 unspecified atom stereocenters. The zero-order chi connectivity index (χ0) is 15.8. The normalized spacial score (nSPS) is 12.0. The van der Waals surface area contributed by atoms with E-state index in [4.69, 9.17) is 9.84 Å². The average molecular weight is 293 g/mol. The maximum Gasteiger partial charge on any atom is 0.326 e. The average Bonchev–Trinajstić information content (AvgIpc) is 2.37. The van der Waals surface area contributed by atoms with Gasteiger partial charge in [0, 0.05) is 0 Å². The van der Waals surface area contributed by atoms with Crippen LogP contribution in [0.4, 0.5) is 0 Å². The van der Waals surface area contributed by atoms with Gasteiger partial charge in [0.2, 0.25) is 5.91 Å². The molecular weight excluding hydrogens is 270 g/mol. The van der Waals surface area contributed by atoms with Crippen molar-refractivity contribution in [3.8, 4) is 5.75 Å². The third kappa shape index (κ3) is 6.79. The molecule has 0 aromatic heterocycles. The Kier molecular flexibility index (Phi) is 6.72. The number of ether oxygens (including phenoxy) is 1. The highest BCUT2D eigenvalue weighted by Crippen LogP contribution is 2.12. The second-order valence-corrected chi connectivity index (χ2v) is 5.50. The lowest BCUT2D eigenvalue weighted by Crippen LogP contribution is -2.42. The van der Waals surface area contributed by atoms with E-state index in [1.807, 2.05) is 45.0 Å². The lowest BCUT2D eigenvalue weighted by molar-refractivity contribution is -0.142. The van der Waals surface area contributed by atoms with Gasteiger partial charge in [0.05, 0.1) is 13.0 Å². The number of rotatable bonds is 8. The van der Waals surface area contributed by atoms with Crippen LogP contribution in [0.5, 0.6) is 5.75 Å². The Bertz CT molecular complexity index is 485. The monoisotopic (exact) mass is 293 g/mol. The molecule has 0 bridgehead atoms. The molecule has 5 heteroatoms. The summed E-state index contributed by atoms with van der Waals surface area (Å²) < 4.78 is 5.47. The van der Waals surface area contributed by atoms with Gasteiger partial charge in [-0.05, 0) is 37.0 Å². The van der Waals surface area contributed by atoms with E-state index in [1.165, 1.54) is 0 Å². The molecule has 0 radical (unpaired) electrons. The molecule has 0 aliphatic carbocycles. The first-order valence-electron chi connectivity index (χ1n) is 7.10. The molecule has 1 atom stereocenters. The van der Waals surface area contributed by atoms with Crippen molar-refractivity contribution in [1.82, 2.24) is 5.32 Å². The van der Waals surface area contributed by atoms with Gasteiger partial charge in [-0.15, -0.1) is 0 Å². The molecule has 0 saturated heterocycles. The Morgan fingerprint density at radius 3 is 2.62 bits per heavy atom. The summed E-state index contributed by atoms with van der Waals surface area (Å²) in [5.74, 6) is -0.401. The number of nitrogens with one attached hydrogen (secondary N) is 1. The van der Waals surface area contributed by atoms with E-state index in [0.717, 1.165) is 5.56 Å². The van der Waals surface area contributed by atoms with Gasteiger partial charge in [-0.2, -0.15) is 0 Å². The molecule has 0 fully saturated rings. The second-order valence-electron chi connectivity index (χ2n) is 5.50. The SMILES string of the molecule is Cc1cccc(OCCC(=O)NC(CC(C)C)C(=O)O)c1. The topological polar surface area (TPSA) is 75.6 Å². The minimum atomic E-state index is -1.00. The maximum absolute atomic E-state index is 11.7. The van der Waals surface area contributed by atoms with Gasteiger partial charge in [0.1, 0.15) is 11.8 Å². The number of aryl methyl sites for hydroxylation is 1. The summed E-state index contributed by atoms with van der Waals surface area (Å²) in [5.41, 5.74) is 1.08. The lowest BCUT2D eigenvalue weighted by atomic mass is 10.0. The minimum Gasteiger partial charge on any atom is -0.493 e. The number of hydrogen-bond donors (Lipinski definition) is 2. The number of hydrogen-bond acceptors (Lipinski definition) is 3. The Labute approximate surface area is 125 Å². The minimum absolute atomic E-state index is 0.135. The summed E-state index contributed by atoms with van der Waals surface area (Å²) in [6.07, 6.45) is 0.551. The van der Waals surface area contributed by atoms with E-state index in [9.17, 15) is 9.59 Å². The Morgan fingerprint density at radius 1 is 1.33 bits per heavy atom. The molecule has 5 nitrogen and oxygen atoms in total. The number of carbonyl (C=O) groups is 2. The van der Waals surface area contributed by atoms with E-state index in [2.05, 4.69) is 5.32 Å². The van der Waals surface area contributed by atoms with Crippen molar-refractivity contribution < 1.29 is 19.4 Å². The Morgan fingerprint density at radius 2 is 2.05 bits per heavy atom. The number of amides is 1. The van der Waals surface area contributed by atoms with Crippen LogP contribution in [-0.2, 0) is 9.59 Å². The molecule has 0 aliphatic heterocycles. The number of carboxylic acid groups (broad SMARTS) is 1. The molecule has 0 saturated carbocycles. The first kappa shape index (κ1) is 17.0. The summed E-state index contributed by atoms with van der Waals surface area (Å²) in [7, 11) is 0. The molecule has 1 rings (SSSR count). The van der Waals surface area contributed by atoms with E-state index >= 15 is 0 Å². The van der Waals surface area contributed by atoms with Crippen molar-refractivity contribution in [3.63, 3.8) is 0 Å². The zero-order valence-electron chi connectivity index (χ0n) is 12.8. The molecule has 1 aromatic carbocycles. The van der Waals surface area contributed by atoms with Crippen LogP contribution >= 0.6 is 0 Å². The van der Waals surface area contributed by atoms with Crippen molar-refractivity contribution in [1.29, 1.82) is 0 Å². The predicted molar refractivity (Wildman–Crippen MR) is 80.3 cm³/mol. The predicted octanol–water partition coefficient (Wildman–Crippen LogP) is 2.38. The van der Waals surface area contributed by atoms with Crippen LogP contribution in [0.2, 0.25) is 0 Å². The molecule has 0 spiro atoms. The molecule has 116 valence electrons. The van der Waals surface area contributed by atoms with Crippen molar-refractivity contribution in [2.24, 2.45) is 5.92 Å². The van der Waals surface area contributed by atoms with Gasteiger partial charge in [0.15, 0.2) is 0 Å². The first-order valence-corrected chi connectivity index (χ1v) is 7.10. The third-order valence-electron chi connectivity index (χ3n) is 2.93. The van der Waals surface area contributed by atoms with Crippen LogP contribution in [-0.4, -0.2) is 29.6 Å². The summed E-state index contributed by atoms with van der Waals surface area (Å²) in [4.78, 5) is 22.8. The fourth-order valence-electron chi connectivity index (χ4n) is 1.93. The summed E-state index contributed by atoms with van der Waals surface area (Å²) >= 11 is 0. The number of benzene rings is 1. The maximum atomic E-state index is 11.7. The van der Waals surface area contributed by atoms with Crippen molar-refractivity contribution in [2.45, 2.75) is 39.7 Å². The fraction of sp³-hybridized carbons (Fsp3) is 0.500. The fourth-order valence-corrected chi connectivity index (χ4v) is 1.93. The van der Waals surface area contributed by atoms with Gasteiger partial charge < -0.3 is 15.2 Å². The molecular formula is C16H23NO4. The van der Waals surface area contributed by atoms with Crippen molar-refractivity contribution in [3.05, 3.63) is 29.8 Å². The van der Waals surface area contributed by atoms with E-state index in [0.29, 0.717) is 12.2 Å². The number of carboxylic acids is 1. The summed E-state index contributed by atoms with van der Waals surface area (Å²) in [5, 5.41) is 11.6. The molecule has 21 heavy (non-hydrogen) atoms. The van der Waals surface area contributed by atoms with Gasteiger partial charge in [-0.1, -0.05) is 26.0 Å². The highest BCUT2D eigenvalue weighted by Gasteiger charge is 2.20. The summed E-state index contributed by atoms with van der Waals surface area (Å²) in [6.45, 7) is 6.03. The van der Waals surface area contributed by atoms with Crippen LogP contribution in [0, 0.1) is 12.8 Å². The van der Waals surface area contributed by atoms with E-state index < -0.39 is 12.0 Å². The van der Waals surface area contributed by atoms with Gasteiger partial charge in [0.25, 0.3) is 0 Å². The lowest BCUT2D eigenvalue weighted by Gasteiger charge is -2.16. The highest BCUT2D eigenvalue weighted by molar-refractivity contribution is 5.83. The Hall–Kier alpha value is -2.04. The molecule has 0 aliphatic rings. The number of carbonyl (C=O) groups excluding carboxylic acids is 1. The van der Waals surface area contributed by atoms with Gasteiger partial charge in [-0.3, -0.25) is 4.79 Å². The van der Waals surface area contributed by atoms with Crippen LogP contribution in [0.15, 0.2) is 24.3 Å². The van der Waals surface area contributed by atoms with Crippen molar-refractivity contribution in [2.75, 3.05) is 6.61 Å². The first-order chi connectivity index (χ1) is 9.88. The van der Waals surface area contributed by atoms with Crippen LogP contribution in [0.3, 0.4) is 0 Å². The molecule has 0 heterocycles.